The Morgan fingerprint density at radius 2 is 2.31 bits per heavy atom. The highest BCUT2D eigenvalue weighted by Gasteiger charge is 2.38. The third kappa shape index (κ3) is 1.76. The Bertz CT molecular complexity index is 327. The molecule has 2 N–H and O–H groups in total. The van der Waals surface area contributed by atoms with Crippen molar-refractivity contribution in [1.82, 2.24) is 0 Å². The minimum Gasteiger partial charge on any atom is -0.330 e. The molecule has 0 heterocycles. The van der Waals surface area contributed by atoms with Crippen LogP contribution in [0.1, 0.15) is 17.9 Å². The van der Waals surface area contributed by atoms with Crippen LogP contribution >= 0.6 is 15.9 Å². The molecule has 0 aromatic heterocycles. The van der Waals surface area contributed by atoms with Gasteiger partial charge >= 0.3 is 0 Å². The van der Waals surface area contributed by atoms with Crippen molar-refractivity contribution < 1.29 is 4.39 Å². The number of rotatable bonds is 2. The molecule has 2 atom stereocenters. The molecule has 1 aromatic rings. The molecule has 3 heteroatoms. The Kier molecular flexibility index (Phi) is 2.39. The van der Waals surface area contributed by atoms with E-state index in [0.29, 0.717) is 18.4 Å². The van der Waals surface area contributed by atoms with Gasteiger partial charge in [-0.15, -0.1) is 0 Å². The van der Waals surface area contributed by atoms with Gasteiger partial charge in [0.15, 0.2) is 0 Å². The molecule has 1 aliphatic carbocycles. The topological polar surface area (TPSA) is 26.0 Å². The maximum Gasteiger partial charge on any atom is 0.126 e. The highest BCUT2D eigenvalue weighted by molar-refractivity contribution is 9.10. The average molecular weight is 244 g/mol. The van der Waals surface area contributed by atoms with E-state index in [1.54, 1.807) is 6.07 Å². The van der Waals surface area contributed by atoms with Crippen molar-refractivity contribution in [3.63, 3.8) is 0 Å². The number of benzene rings is 1. The molecule has 0 unspecified atom stereocenters. The van der Waals surface area contributed by atoms with Crippen LogP contribution in [0.5, 0.6) is 0 Å². The SMILES string of the molecule is NC[C@@H]1C[C@H]1c1cc(Br)ccc1F. The number of halogens is 2. The normalized spacial score (nSPS) is 26.1. The van der Waals surface area contributed by atoms with Gasteiger partial charge in [-0.25, -0.2) is 4.39 Å². The summed E-state index contributed by atoms with van der Waals surface area (Å²) in [5.74, 6) is 0.732. The molecule has 2 rings (SSSR count). The van der Waals surface area contributed by atoms with Gasteiger partial charge in [-0.05, 0) is 48.6 Å². The predicted octanol–water partition coefficient (Wildman–Crippen LogP) is 2.65. The van der Waals surface area contributed by atoms with E-state index in [9.17, 15) is 4.39 Å². The Hall–Kier alpha value is -0.410. The van der Waals surface area contributed by atoms with Gasteiger partial charge in [0.25, 0.3) is 0 Å². The quantitative estimate of drug-likeness (QED) is 0.850. The molecule has 1 aliphatic rings. The molecule has 0 saturated heterocycles. The largest absolute Gasteiger partial charge is 0.330 e. The minimum absolute atomic E-state index is 0.107. The van der Waals surface area contributed by atoms with Crippen LogP contribution in [0.15, 0.2) is 22.7 Å². The molecule has 1 fully saturated rings. The lowest BCUT2D eigenvalue weighted by atomic mass is 10.1. The molecule has 0 amide bonds. The van der Waals surface area contributed by atoms with Crippen LogP contribution in [-0.4, -0.2) is 6.54 Å². The molecule has 13 heavy (non-hydrogen) atoms. The first kappa shape index (κ1) is 9.16. The lowest BCUT2D eigenvalue weighted by Gasteiger charge is -2.02. The number of hydrogen-bond donors (Lipinski definition) is 1. The summed E-state index contributed by atoms with van der Waals surface area (Å²) in [6.07, 6.45) is 1.03. The zero-order valence-electron chi connectivity index (χ0n) is 7.13. The van der Waals surface area contributed by atoms with Crippen molar-refractivity contribution in [2.45, 2.75) is 12.3 Å². The summed E-state index contributed by atoms with van der Waals surface area (Å²) < 4.78 is 14.2. The summed E-state index contributed by atoms with van der Waals surface area (Å²) in [7, 11) is 0. The highest BCUT2D eigenvalue weighted by atomic mass is 79.9. The smallest absolute Gasteiger partial charge is 0.126 e. The lowest BCUT2D eigenvalue weighted by molar-refractivity contribution is 0.605. The highest BCUT2D eigenvalue weighted by Crippen LogP contribution is 2.47. The molecule has 0 bridgehead atoms. The fourth-order valence-electron chi connectivity index (χ4n) is 1.69. The molecule has 0 spiro atoms. The summed E-state index contributed by atoms with van der Waals surface area (Å²) in [5, 5.41) is 0. The van der Waals surface area contributed by atoms with Crippen molar-refractivity contribution >= 4 is 15.9 Å². The fraction of sp³-hybridized carbons (Fsp3) is 0.400. The zero-order chi connectivity index (χ0) is 9.42. The maximum absolute atomic E-state index is 13.3. The van der Waals surface area contributed by atoms with Gasteiger partial charge in [-0.1, -0.05) is 15.9 Å². The monoisotopic (exact) mass is 243 g/mol. The lowest BCUT2D eigenvalue weighted by Crippen LogP contribution is -2.02. The van der Waals surface area contributed by atoms with Crippen molar-refractivity contribution in [2.24, 2.45) is 11.7 Å². The van der Waals surface area contributed by atoms with Crippen LogP contribution in [0, 0.1) is 11.7 Å². The second-order valence-electron chi connectivity index (χ2n) is 3.50. The van der Waals surface area contributed by atoms with Gasteiger partial charge in [0.05, 0.1) is 0 Å². The first-order chi connectivity index (χ1) is 6.22. The second kappa shape index (κ2) is 3.39. The van der Waals surface area contributed by atoms with E-state index in [-0.39, 0.29) is 5.82 Å². The van der Waals surface area contributed by atoms with Gasteiger partial charge in [0.2, 0.25) is 0 Å². The summed E-state index contributed by atoms with van der Waals surface area (Å²) in [5.41, 5.74) is 6.33. The number of hydrogen-bond acceptors (Lipinski definition) is 1. The predicted molar refractivity (Wildman–Crippen MR) is 54.0 cm³/mol. The van der Waals surface area contributed by atoms with E-state index in [1.165, 1.54) is 6.07 Å². The minimum atomic E-state index is -0.107. The molecule has 1 aromatic carbocycles. The fourth-order valence-corrected chi connectivity index (χ4v) is 2.07. The van der Waals surface area contributed by atoms with E-state index >= 15 is 0 Å². The van der Waals surface area contributed by atoms with E-state index < -0.39 is 0 Å². The van der Waals surface area contributed by atoms with Crippen LogP contribution in [0.3, 0.4) is 0 Å². The molecular weight excluding hydrogens is 233 g/mol. The standard InChI is InChI=1S/C10H11BrFN/c11-7-1-2-10(12)9(4-7)8-3-6(8)5-13/h1-2,4,6,8H,3,5,13H2/t6-,8+/m0/s1. The van der Waals surface area contributed by atoms with E-state index in [1.807, 2.05) is 6.07 Å². The van der Waals surface area contributed by atoms with Gasteiger partial charge in [0, 0.05) is 4.47 Å². The van der Waals surface area contributed by atoms with Crippen LogP contribution in [0.25, 0.3) is 0 Å². The summed E-state index contributed by atoms with van der Waals surface area (Å²) >= 11 is 3.34. The molecule has 1 nitrogen and oxygen atoms in total. The Morgan fingerprint density at radius 3 is 2.92 bits per heavy atom. The van der Waals surface area contributed by atoms with Crippen molar-refractivity contribution in [3.05, 3.63) is 34.1 Å². The van der Waals surface area contributed by atoms with E-state index in [0.717, 1.165) is 16.5 Å². The van der Waals surface area contributed by atoms with Crippen LogP contribution < -0.4 is 5.73 Å². The second-order valence-corrected chi connectivity index (χ2v) is 4.42. The average Bonchev–Trinajstić information content (AvgIpc) is 2.88. The van der Waals surface area contributed by atoms with E-state index in [2.05, 4.69) is 15.9 Å². The molecule has 0 radical (unpaired) electrons. The van der Waals surface area contributed by atoms with Crippen LogP contribution in [0.4, 0.5) is 4.39 Å². The Balaban J connectivity index is 2.25. The summed E-state index contributed by atoms with van der Waals surface area (Å²) in [6, 6.07) is 5.08. The molecule has 0 aliphatic heterocycles. The van der Waals surface area contributed by atoms with Crippen molar-refractivity contribution in [1.29, 1.82) is 0 Å². The van der Waals surface area contributed by atoms with Gasteiger partial charge < -0.3 is 5.73 Å². The zero-order valence-corrected chi connectivity index (χ0v) is 8.72. The molecule has 1 saturated carbocycles. The third-order valence-corrected chi connectivity index (χ3v) is 3.08. The van der Waals surface area contributed by atoms with Gasteiger partial charge in [0.1, 0.15) is 5.82 Å². The summed E-state index contributed by atoms with van der Waals surface area (Å²) in [4.78, 5) is 0. The first-order valence-corrected chi connectivity index (χ1v) is 5.16. The number of nitrogens with two attached hydrogens (primary N) is 1. The van der Waals surface area contributed by atoms with E-state index in [4.69, 9.17) is 5.73 Å². The Morgan fingerprint density at radius 1 is 1.54 bits per heavy atom. The Labute approximate surface area is 85.3 Å². The third-order valence-electron chi connectivity index (χ3n) is 2.58. The van der Waals surface area contributed by atoms with Crippen LogP contribution in [-0.2, 0) is 0 Å². The van der Waals surface area contributed by atoms with Gasteiger partial charge in [-0.2, -0.15) is 0 Å². The maximum atomic E-state index is 13.3. The van der Waals surface area contributed by atoms with Crippen molar-refractivity contribution in [3.8, 4) is 0 Å². The molecular formula is C10H11BrFN. The van der Waals surface area contributed by atoms with Crippen LogP contribution in [0.2, 0.25) is 0 Å². The van der Waals surface area contributed by atoms with Gasteiger partial charge in [-0.3, -0.25) is 0 Å². The van der Waals surface area contributed by atoms with Crippen molar-refractivity contribution in [2.75, 3.05) is 6.54 Å². The summed E-state index contributed by atoms with van der Waals surface area (Å²) in [6.45, 7) is 0.663. The molecule has 70 valence electrons. The first-order valence-electron chi connectivity index (χ1n) is 4.37.